The maximum absolute atomic E-state index is 9.00. The van der Waals surface area contributed by atoms with Crippen molar-refractivity contribution < 1.29 is 9.52 Å². The lowest BCUT2D eigenvalue weighted by Crippen LogP contribution is -2.24. The molecule has 2 heterocycles. The minimum Gasteiger partial charge on any atom is -0.431 e. The molecule has 0 aliphatic carbocycles. The van der Waals surface area contributed by atoms with Crippen molar-refractivity contribution in [2.24, 2.45) is 0 Å². The molecule has 1 aliphatic heterocycles. The molecule has 0 unspecified atom stereocenters. The monoisotopic (exact) mass is 230 g/mol. The van der Waals surface area contributed by atoms with Crippen LogP contribution in [0.2, 0.25) is 0 Å². The fourth-order valence-corrected chi connectivity index (χ4v) is 2.23. The first kappa shape index (κ1) is 10.4. The van der Waals surface area contributed by atoms with Crippen molar-refractivity contribution >= 4 is 11.7 Å². The van der Waals surface area contributed by atoms with Gasteiger partial charge in [0.2, 0.25) is 0 Å². The van der Waals surface area contributed by atoms with E-state index in [9.17, 15) is 0 Å². The van der Waals surface area contributed by atoms with Crippen LogP contribution >= 0.6 is 0 Å². The van der Waals surface area contributed by atoms with Gasteiger partial charge in [0.25, 0.3) is 0 Å². The Morgan fingerprint density at radius 3 is 3.06 bits per heavy atom. The van der Waals surface area contributed by atoms with E-state index < -0.39 is 0 Å². The van der Waals surface area contributed by atoms with Crippen molar-refractivity contribution in [3.8, 4) is 0 Å². The van der Waals surface area contributed by atoms with E-state index in [-0.39, 0.29) is 6.61 Å². The Bertz CT molecular complexity index is 522. The SMILES string of the molecule is OCc1coc(N2CCCc3ccccc32)n1. The van der Waals surface area contributed by atoms with Crippen LogP contribution in [-0.4, -0.2) is 16.6 Å². The maximum Gasteiger partial charge on any atom is 0.302 e. The maximum atomic E-state index is 9.00. The van der Waals surface area contributed by atoms with E-state index in [0.717, 1.165) is 25.1 Å². The quantitative estimate of drug-likeness (QED) is 0.859. The van der Waals surface area contributed by atoms with Gasteiger partial charge in [-0.2, -0.15) is 4.98 Å². The molecule has 1 aliphatic rings. The van der Waals surface area contributed by atoms with Crippen molar-refractivity contribution in [1.82, 2.24) is 4.98 Å². The Hall–Kier alpha value is -1.81. The standard InChI is InChI=1S/C13H14N2O2/c16-8-11-9-17-13(14-11)15-7-3-5-10-4-1-2-6-12(10)15/h1-2,4,6,9,16H,3,5,7-8H2. The van der Waals surface area contributed by atoms with Crippen LogP contribution in [0, 0.1) is 0 Å². The number of benzene rings is 1. The lowest BCUT2D eigenvalue weighted by Gasteiger charge is -2.27. The molecule has 0 amide bonds. The summed E-state index contributed by atoms with van der Waals surface area (Å²) in [5.74, 6) is 0. The molecule has 1 aromatic carbocycles. The second-order valence-electron chi connectivity index (χ2n) is 4.16. The van der Waals surface area contributed by atoms with Crippen LogP contribution in [0.5, 0.6) is 0 Å². The molecular formula is C13H14N2O2. The second-order valence-corrected chi connectivity index (χ2v) is 4.16. The van der Waals surface area contributed by atoms with E-state index in [4.69, 9.17) is 9.52 Å². The van der Waals surface area contributed by atoms with Gasteiger partial charge in [0, 0.05) is 12.2 Å². The molecule has 4 nitrogen and oxygen atoms in total. The van der Waals surface area contributed by atoms with Gasteiger partial charge in [-0.1, -0.05) is 18.2 Å². The molecule has 2 aromatic rings. The first-order valence-corrected chi connectivity index (χ1v) is 5.79. The summed E-state index contributed by atoms with van der Waals surface area (Å²) >= 11 is 0. The molecule has 1 N–H and O–H groups in total. The molecule has 0 bridgehead atoms. The van der Waals surface area contributed by atoms with Gasteiger partial charge in [0.15, 0.2) is 0 Å². The van der Waals surface area contributed by atoms with E-state index >= 15 is 0 Å². The van der Waals surface area contributed by atoms with Crippen molar-refractivity contribution in [2.75, 3.05) is 11.4 Å². The summed E-state index contributed by atoms with van der Waals surface area (Å²) in [6.45, 7) is 0.821. The van der Waals surface area contributed by atoms with Crippen molar-refractivity contribution in [3.05, 3.63) is 41.8 Å². The Balaban J connectivity index is 1.99. The van der Waals surface area contributed by atoms with Gasteiger partial charge < -0.3 is 9.52 Å². The average molecular weight is 230 g/mol. The Morgan fingerprint density at radius 2 is 2.24 bits per heavy atom. The van der Waals surface area contributed by atoms with Gasteiger partial charge in [0.1, 0.15) is 12.0 Å². The lowest BCUT2D eigenvalue weighted by molar-refractivity contribution is 0.276. The molecule has 17 heavy (non-hydrogen) atoms. The molecule has 1 aromatic heterocycles. The highest BCUT2D eigenvalue weighted by molar-refractivity contribution is 5.62. The van der Waals surface area contributed by atoms with Crippen molar-refractivity contribution in [3.63, 3.8) is 0 Å². The van der Waals surface area contributed by atoms with Crippen LogP contribution in [0.1, 0.15) is 17.7 Å². The van der Waals surface area contributed by atoms with Crippen LogP contribution in [0.3, 0.4) is 0 Å². The normalized spacial score (nSPS) is 14.8. The highest BCUT2D eigenvalue weighted by Crippen LogP contribution is 2.32. The van der Waals surface area contributed by atoms with Gasteiger partial charge >= 0.3 is 6.01 Å². The number of oxazole rings is 1. The number of anilines is 2. The predicted molar refractivity (Wildman–Crippen MR) is 64.2 cm³/mol. The van der Waals surface area contributed by atoms with Gasteiger partial charge in [-0.3, -0.25) is 4.90 Å². The summed E-state index contributed by atoms with van der Waals surface area (Å²) in [7, 11) is 0. The summed E-state index contributed by atoms with van der Waals surface area (Å²) in [4.78, 5) is 6.33. The van der Waals surface area contributed by atoms with E-state index in [1.807, 2.05) is 6.07 Å². The number of aliphatic hydroxyl groups is 1. The molecule has 0 radical (unpaired) electrons. The highest BCUT2D eigenvalue weighted by Gasteiger charge is 2.21. The molecule has 3 rings (SSSR count). The van der Waals surface area contributed by atoms with Crippen molar-refractivity contribution in [1.29, 1.82) is 0 Å². The van der Waals surface area contributed by atoms with Gasteiger partial charge in [-0.05, 0) is 24.5 Å². The third-order valence-corrected chi connectivity index (χ3v) is 3.04. The molecular weight excluding hydrogens is 216 g/mol. The Labute approximate surface area is 99.5 Å². The number of aryl methyl sites for hydroxylation is 1. The zero-order valence-electron chi connectivity index (χ0n) is 9.47. The fraction of sp³-hybridized carbons (Fsp3) is 0.308. The Morgan fingerprint density at radius 1 is 1.35 bits per heavy atom. The Kier molecular flexibility index (Phi) is 2.57. The zero-order valence-corrected chi connectivity index (χ0v) is 9.47. The van der Waals surface area contributed by atoms with E-state index in [1.165, 1.54) is 11.8 Å². The summed E-state index contributed by atoms with van der Waals surface area (Å²) in [6.07, 6.45) is 3.70. The number of hydrogen-bond donors (Lipinski definition) is 1. The van der Waals surface area contributed by atoms with Gasteiger partial charge in [-0.25, -0.2) is 0 Å². The number of para-hydroxylation sites is 1. The number of aliphatic hydroxyl groups excluding tert-OH is 1. The molecule has 0 saturated carbocycles. The van der Waals surface area contributed by atoms with Crippen LogP contribution < -0.4 is 4.90 Å². The minimum absolute atomic E-state index is 0.0843. The van der Waals surface area contributed by atoms with Crippen LogP contribution in [0.15, 0.2) is 34.9 Å². The average Bonchev–Trinajstić information content (AvgIpc) is 2.87. The van der Waals surface area contributed by atoms with E-state index in [0.29, 0.717) is 11.7 Å². The minimum atomic E-state index is -0.0843. The van der Waals surface area contributed by atoms with Gasteiger partial charge in [-0.15, -0.1) is 0 Å². The molecule has 4 heteroatoms. The number of nitrogens with zero attached hydrogens (tertiary/aromatic N) is 2. The molecule has 88 valence electrons. The fourth-order valence-electron chi connectivity index (χ4n) is 2.23. The smallest absolute Gasteiger partial charge is 0.302 e. The summed E-state index contributed by atoms with van der Waals surface area (Å²) in [5, 5.41) is 9.00. The summed E-state index contributed by atoms with van der Waals surface area (Å²) < 4.78 is 5.41. The highest BCUT2D eigenvalue weighted by atomic mass is 16.4. The zero-order chi connectivity index (χ0) is 11.7. The number of hydrogen-bond acceptors (Lipinski definition) is 4. The second kappa shape index (κ2) is 4.22. The summed E-state index contributed by atoms with van der Waals surface area (Å²) in [5.41, 5.74) is 3.05. The first-order valence-electron chi connectivity index (χ1n) is 5.79. The lowest BCUT2D eigenvalue weighted by atomic mass is 10.0. The van der Waals surface area contributed by atoms with E-state index in [2.05, 4.69) is 28.1 Å². The van der Waals surface area contributed by atoms with Crippen LogP contribution in [0.25, 0.3) is 0 Å². The molecule has 0 fully saturated rings. The largest absolute Gasteiger partial charge is 0.431 e. The first-order chi connectivity index (χ1) is 8.38. The molecule has 0 saturated heterocycles. The topological polar surface area (TPSA) is 49.5 Å². The molecule has 0 atom stereocenters. The number of rotatable bonds is 2. The van der Waals surface area contributed by atoms with Crippen molar-refractivity contribution in [2.45, 2.75) is 19.4 Å². The van der Waals surface area contributed by atoms with Gasteiger partial charge in [0.05, 0.1) is 6.61 Å². The predicted octanol–water partition coefficient (Wildman–Crippen LogP) is 2.25. The number of aromatic nitrogens is 1. The molecule has 0 spiro atoms. The third kappa shape index (κ3) is 1.80. The third-order valence-electron chi connectivity index (χ3n) is 3.04. The van der Waals surface area contributed by atoms with E-state index in [1.54, 1.807) is 0 Å². The van der Waals surface area contributed by atoms with Crippen LogP contribution in [0.4, 0.5) is 11.7 Å². The summed E-state index contributed by atoms with van der Waals surface area (Å²) in [6, 6.07) is 8.86. The number of fused-ring (bicyclic) bond motifs is 1. The van der Waals surface area contributed by atoms with Crippen LogP contribution in [-0.2, 0) is 13.0 Å².